The molecule has 0 aliphatic carbocycles. The lowest BCUT2D eigenvalue weighted by atomic mass is 10.2. The van der Waals surface area contributed by atoms with Crippen molar-refractivity contribution >= 4 is 0 Å². The number of aromatic nitrogens is 2. The van der Waals surface area contributed by atoms with E-state index in [1.165, 1.54) is 18.6 Å². The van der Waals surface area contributed by atoms with E-state index in [1.807, 2.05) is 0 Å². The first kappa shape index (κ1) is 11.6. The third-order valence-corrected chi connectivity index (χ3v) is 2.44. The van der Waals surface area contributed by atoms with Gasteiger partial charge in [-0.25, -0.2) is 9.97 Å². The molecule has 0 fully saturated rings. The lowest BCUT2D eigenvalue weighted by Gasteiger charge is -2.08. The fourth-order valence-electron chi connectivity index (χ4n) is 1.65. The summed E-state index contributed by atoms with van der Waals surface area (Å²) < 4.78 is 40.1. The van der Waals surface area contributed by atoms with Gasteiger partial charge in [0, 0.05) is 17.8 Å². The van der Waals surface area contributed by atoms with E-state index >= 15 is 0 Å². The number of nitrogens with zero attached hydrogens (tertiary/aromatic N) is 2. The molecule has 0 bridgehead atoms. The first-order valence-corrected chi connectivity index (χ1v) is 5.41. The number of alkyl halides is 2. The molecule has 0 atom stereocenters. The highest BCUT2D eigenvalue weighted by Gasteiger charge is 2.44. The highest BCUT2D eigenvalue weighted by molar-refractivity contribution is 5.48. The zero-order valence-corrected chi connectivity index (χ0v) is 9.55. The van der Waals surface area contributed by atoms with E-state index in [-0.39, 0.29) is 18.1 Å². The summed E-state index contributed by atoms with van der Waals surface area (Å²) in [5.41, 5.74) is 0.452. The van der Waals surface area contributed by atoms with Crippen LogP contribution in [0.2, 0.25) is 0 Å². The van der Waals surface area contributed by atoms with Crippen molar-refractivity contribution in [1.29, 1.82) is 0 Å². The fraction of sp³-hybridized carbons (Fsp3) is 0.167. The smallest absolute Gasteiger partial charge is 0.473 e. The third kappa shape index (κ3) is 2.40. The standard InChI is InChI=1S/C12H8F2N2O3/c13-12(14)18-9-3-1-2-8(11(9)19-12)6-17-10-4-5-15-7-16-10/h1-5,7H,6H2. The minimum absolute atomic E-state index is 0.00575. The van der Waals surface area contributed by atoms with Gasteiger partial charge in [-0.3, -0.25) is 0 Å². The molecule has 2 aromatic rings. The number of para-hydroxylation sites is 1. The molecular formula is C12H8F2N2O3. The predicted octanol–water partition coefficient (Wildman–Crippen LogP) is 2.38. The molecule has 0 amide bonds. The number of halogens is 2. The molecule has 1 aromatic heterocycles. The van der Waals surface area contributed by atoms with E-state index in [0.29, 0.717) is 11.4 Å². The zero-order valence-electron chi connectivity index (χ0n) is 9.55. The van der Waals surface area contributed by atoms with Crippen molar-refractivity contribution in [2.45, 2.75) is 12.9 Å². The normalized spacial score (nSPS) is 15.3. The second-order valence-corrected chi connectivity index (χ2v) is 3.75. The van der Waals surface area contributed by atoms with E-state index in [4.69, 9.17) is 4.74 Å². The van der Waals surface area contributed by atoms with Crippen LogP contribution >= 0.6 is 0 Å². The Balaban J connectivity index is 1.79. The summed E-state index contributed by atoms with van der Waals surface area (Å²) in [6.07, 6.45) is -0.780. The molecule has 1 aliphatic rings. The minimum Gasteiger partial charge on any atom is -0.473 e. The van der Waals surface area contributed by atoms with Crippen LogP contribution in [0.3, 0.4) is 0 Å². The van der Waals surface area contributed by atoms with Gasteiger partial charge in [-0.1, -0.05) is 12.1 Å². The molecular weight excluding hydrogens is 258 g/mol. The Bertz CT molecular complexity index is 593. The van der Waals surface area contributed by atoms with Crippen LogP contribution in [-0.2, 0) is 6.61 Å². The molecule has 0 radical (unpaired) electrons. The molecule has 1 aliphatic heterocycles. The van der Waals surface area contributed by atoms with Crippen LogP contribution in [0.25, 0.3) is 0 Å². The topological polar surface area (TPSA) is 53.5 Å². The molecule has 98 valence electrons. The Labute approximate surface area is 106 Å². The van der Waals surface area contributed by atoms with E-state index in [2.05, 4.69) is 19.4 Å². The maximum Gasteiger partial charge on any atom is 0.586 e. The molecule has 0 unspecified atom stereocenters. The Morgan fingerprint density at radius 2 is 2.11 bits per heavy atom. The van der Waals surface area contributed by atoms with Crippen molar-refractivity contribution in [1.82, 2.24) is 9.97 Å². The molecule has 2 heterocycles. The molecule has 5 nitrogen and oxygen atoms in total. The molecule has 1 aromatic carbocycles. The molecule has 0 saturated carbocycles. The lowest BCUT2D eigenvalue weighted by Crippen LogP contribution is -2.26. The monoisotopic (exact) mass is 266 g/mol. The van der Waals surface area contributed by atoms with E-state index in [1.54, 1.807) is 18.2 Å². The number of benzene rings is 1. The van der Waals surface area contributed by atoms with Crippen LogP contribution in [0.5, 0.6) is 17.4 Å². The van der Waals surface area contributed by atoms with E-state index in [0.717, 1.165) is 0 Å². The average Bonchev–Trinajstić information content (AvgIpc) is 2.72. The van der Waals surface area contributed by atoms with Crippen molar-refractivity contribution in [2.24, 2.45) is 0 Å². The Hall–Kier alpha value is -2.44. The first-order chi connectivity index (χ1) is 9.14. The lowest BCUT2D eigenvalue weighted by molar-refractivity contribution is -0.287. The molecule has 0 spiro atoms. The van der Waals surface area contributed by atoms with Gasteiger partial charge < -0.3 is 14.2 Å². The van der Waals surface area contributed by atoms with Crippen molar-refractivity contribution < 1.29 is 23.0 Å². The summed E-state index contributed by atoms with van der Waals surface area (Å²) in [5.74, 6) is 0.327. The largest absolute Gasteiger partial charge is 0.586 e. The van der Waals surface area contributed by atoms with Crippen LogP contribution in [0, 0.1) is 0 Å². The van der Waals surface area contributed by atoms with Crippen LogP contribution in [0.1, 0.15) is 5.56 Å². The molecule has 7 heteroatoms. The third-order valence-electron chi connectivity index (χ3n) is 2.44. The van der Waals surface area contributed by atoms with Crippen molar-refractivity contribution in [3.63, 3.8) is 0 Å². The summed E-state index contributed by atoms with van der Waals surface area (Å²) in [7, 11) is 0. The van der Waals surface area contributed by atoms with Crippen molar-refractivity contribution in [2.75, 3.05) is 0 Å². The van der Waals surface area contributed by atoms with Gasteiger partial charge in [0.15, 0.2) is 11.5 Å². The summed E-state index contributed by atoms with van der Waals surface area (Å²) in [6, 6.07) is 6.17. The number of ether oxygens (including phenoxy) is 3. The van der Waals surface area contributed by atoms with Crippen molar-refractivity contribution in [3.05, 3.63) is 42.4 Å². The predicted molar refractivity (Wildman–Crippen MR) is 59.0 cm³/mol. The highest BCUT2D eigenvalue weighted by atomic mass is 19.3. The van der Waals surface area contributed by atoms with Gasteiger partial charge >= 0.3 is 6.29 Å². The van der Waals surface area contributed by atoms with Crippen LogP contribution < -0.4 is 14.2 Å². The minimum atomic E-state index is -3.63. The van der Waals surface area contributed by atoms with Gasteiger partial charge in [-0.05, 0) is 6.07 Å². The van der Waals surface area contributed by atoms with Gasteiger partial charge in [0.2, 0.25) is 5.88 Å². The van der Waals surface area contributed by atoms with E-state index in [9.17, 15) is 8.78 Å². The highest BCUT2D eigenvalue weighted by Crippen LogP contribution is 2.43. The summed E-state index contributed by atoms with van der Waals surface area (Å²) >= 11 is 0. The summed E-state index contributed by atoms with van der Waals surface area (Å²) in [5, 5.41) is 0. The number of rotatable bonds is 3. The average molecular weight is 266 g/mol. The molecule has 0 N–H and O–H groups in total. The van der Waals surface area contributed by atoms with Gasteiger partial charge in [0.05, 0.1) is 0 Å². The Kier molecular flexibility index (Phi) is 2.66. The second kappa shape index (κ2) is 4.34. The number of hydrogen-bond donors (Lipinski definition) is 0. The zero-order chi connectivity index (χ0) is 13.3. The first-order valence-electron chi connectivity index (χ1n) is 5.41. The van der Waals surface area contributed by atoms with Crippen LogP contribution in [-0.4, -0.2) is 16.3 Å². The SMILES string of the molecule is FC1(F)Oc2cccc(COc3ccncn3)c2O1. The summed E-state index contributed by atoms with van der Waals surface area (Å²) in [4.78, 5) is 7.60. The quantitative estimate of drug-likeness (QED) is 0.853. The van der Waals surface area contributed by atoms with Gasteiger partial charge in [0.25, 0.3) is 0 Å². The molecule has 3 rings (SSSR count). The molecule has 19 heavy (non-hydrogen) atoms. The number of fused-ring (bicyclic) bond motifs is 1. The fourth-order valence-corrected chi connectivity index (χ4v) is 1.65. The molecule has 0 saturated heterocycles. The maximum atomic E-state index is 13.0. The second-order valence-electron chi connectivity index (χ2n) is 3.75. The van der Waals surface area contributed by atoms with E-state index < -0.39 is 6.29 Å². The van der Waals surface area contributed by atoms with Gasteiger partial charge in [0.1, 0.15) is 12.9 Å². The van der Waals surface area contributed by atoms with Crippen LogP contribution in [0.4, 0.5) is 8.78 Å². The van der Waals surface area contributed by atoms with Crippen LogP contribution in [0.15, 0.2) is 36.8 Å². The van der Waals surface area contributed by atoms with Crippen molar-refractivity contribution in [3.8, 4) is 17.4 Å². The Morgan fingerprint density at radius 1 is 1.21 bits per heavy atom. The van der Waals surface area contributed by atoms with Gasteiger partial charge in [-0.2, -0.15) is 0 Å². The summed E-state index contributed by atoms with van der Waals surface area (Å²) in [6.45, 7) is 0.0413. The maximum absolute atomic E-state index is 13.0. The Morgan fingerprint density at radius 3 is 2.89 bits per heavy atom. The van der Waals surface area contributed by atoms with Gasteiger partial charge in [-0.15, -0.1) is 8.78 Å². The number of hydrogen-bond acceptors (Lipinski definition) is 5.